The Morgan fingerprint density at radius 3 is 2.22 bits per heavy atom. The third-order valence-electron chi connectivity index (χ3n) is 2.63. The standard InChI is InChI=1S/C7H15NO/c1-6(8)7(5-9)3-2-4-7/h6,9H,2-5,8H2,1H3/t6-/m1/s1. The van der Waals surface area contributed by atoms with Gasteiger partial charge in [-0.3, -0.25) is 0 Å². The van der Waals surface area contributed by atoms with Gasteiger partial charge in [0.25, 0.3) is 0 Å². The van der Waals surface area contributed by atoms with E-state index in [0.29, 0.717) is 0 Å². The molecule has 0 radical (unpaired) electrons. The lowest BCUT2D eigenvalue weighted by Gasteiger charge is -2.43. The smallest absolute Gasteiger partial charge is 0.0502 e. The maximum Gasteiger partial charge on any atom is 0.0502 e. The van der Waals surface area contributed by atoms with Crippen LogP contribution in [0.3, 0.4) is 0 Å². The average Bonchev–Trinajstić information content (AvgIpc) is 1.62. The van der Waals surface area contributed by atoms with Crippen LogP contribution in [0.4, 0.5) is 0 Å². The van der Waals surface area contributed by atoms with E-state index in [-0.39, 0.29) is 18.1 Å². The zero-order valence-electron chi connectivity index (χ0n) is 5.93. The average molecular weight is 129 g/mol. The maximum atomic E-state index is 8.93. The van der Waals surface area contributed by atoms with Crippen molar-refractivity contribution in [1.29, 1.82) is 0 Å². The third-order valence-corrected chi connectivity index (χ3v) is 2.63. The lowest BCUT2D eigenvalue weighted by molar-refractivity contribution is 0.0247. The molecule has 0 heterocycles. The van der Waals surface area contributed by atoms with Gasteiger partial charge in [-0.1, -0.05) is 6.42 Å². The van der Waals surface area contributed by atoms with E-state index in [1.807, 2.05) is 6.92 Å². The topological polar surface area (TPSA) is 46.2 Å². The van der Waals surface area contributed by atoms with Crippen LogP contribution >= 0.6 is 0 Å². The van der Waals surface area contributed by atoms with Crippen molar-refractivity contribution in [3.05, 3.63) is 0 Å². The van der Waals surface area contributed by atoms with E-state index in [2.05, 4.69) is 0 Å². The van der Waals surface area contributed by atoms with Gasteiger partial charge in [-0.25, -0.2) is 0 Å². The Labute approximate surface area is 56.1 Å². The second-order valence-corrected chi connectivity index (χ2v) is 3.16. The molecule has 1 aliphatic rings. The number of aliphatic hydroxyl groups excluding tert-OH is 1. The highest BCUT2D eigenvalue weighted by atomic mass is 16.3. The molecule has 0 spiro atoms. The van der Waals surface area contributed by atoms with Gasteiger partial charge in [0.15, 0.2) is 0 Å². The summed E-state index contributed by atoms with van der Waals surface area (Å²) in [6.07, 6.45) is 3.46. The Morgan fingerprint density at radius 1 is 1.67 bits per heavy atom. The summed E-state index contributed by atoms with van der Waals surface area (Å²) in [6.45, 7) is 2.25. The predicted octanol–water partition coefficient (Wildman–Crippen LogP) is 0.496. The van der Waals surface area contributed by atoms with Gasteiger partial charge in [-0.15, -0.1) is 0 Å². The molecule has 1 aliphatic carbocycles. The van der Waals surface area contributed by atoms with Gasteiger partial charge in [0.2, 0.25) is 0 Å². The highest BCUT2D eigenvalue weighted by Crippen LogP contribution is 2.42. The van der Waals surface area contributed by atoms with Gasteiger partial charge in [0, 0.05) is 11.5 Å². The molecule has 0 amide bonds. The second kappa shape index (κ2) is 2.27. The molecular formula is C7H15NO. The van der Waals surface area contributed by atoms with E-state index in [9.17, 15) is 0 Å². The van der Waals surface area contributed by atoms with Crippen molar-refractivity contribution in [2.24, 2.45) is 11.1 Å². The van der Waals surface area contributed by atoms with Crippen LogP contribution in [0.1, 0.15) is 26.2 Å². The molecule has 1 rings (SSSR count). The molecule has 1 atom stereocenters. The molecule has 0 saturated heterocycles. The first kappa shape index (κ1) is 7.03. The SMILES string of the molecule is C[C@@H](N)C1(CO)CCC1. The molecular weight excluding hydrogens is 114 g/mol. The van der Waals surface area contributed by atoms with Crippen LogP contribution in [0.5, 0.6) is 0 Å². The van der Waals surface area contributed by atoms with Gasteiger partial charge in [0.05, 0.1) is 6.61 Å². The minimum atomic E-state index is 0.0972. The van der Waals surface area contributed by atoms with Crippen molar-refractivity contribution in [2.45, 2.75) is 32.2 Å². The minimum Gasteiger partial charge on any atom is -0.396 e. The number of hydrogen-bond donors (Lipinski definition) is 2. The fraction of sp³-hybridized carbons (Fsp3) is 1.00. The molecule has 2 heteroatoms. The van der Waals surface area contributed by atoms with Crippen LogP contribution in [0.2, 0.25) is 0 Å². The molecule has 0 bridgehead atoms. The lowest BCUT2D eigenvalue weighted by Crippen LogP contribution is -2.47. The fourth-order valence-corrected chi connectivity index (χ4v) is 1.39. The molecule has 0 unspecified atom stereocenters. The highest BCUT2D eigenvalue weighted by molar-refractivity contribution is 4.93. The van der Waals surface area contributed by atoms with E-state index < -0.39 is 0 Å². The summed E-state index contributed by atoms with van der Waals surface area (Å²) < 4.78 is 0. The summed E-state index contributed by atoms with van der Waals surface area (Å²) in [6, 6.07) is 0.163. The first-order valence-electron chi connectivity index (χ1n) is 3.58. The summed E-state index contributed by atoms with van der Waals surface area (Å²) in [4.78, 5) is 0. The Kier molecular flexibility index (Phi) is 1.78. The third kappa shape index (κ3) is 0.970. The zero-order chi connectivity index (χ0) is 6.91. The molecule has 0 aromatic heterocycles. The highest BCUT2D eigenvalue weighted by Gasteiger charge is 2.39. The Morgan fingerprint density at radius 2 is 2.22 bits per heavy atom. The van der Waals surface area contributed by atoms with Crippen molar-refractivity contribution < 1.29 is 5.11 Å². The molecule has 0 aliphatic heterocycles. The second-order valence-electron chi connectivity index (χ2n) is 3.16. The van der Waals surface area contributed by atoms with Crippen molar-refractivity contribution in [3.63, 3.8) is 0 Å². The number of rotatable bonds is 2. The van der Waals surface area contributed by atoms with E-state index in [1.165, 1.54) is 6.42 Å². The van der Waals surface area contributed by atoms with Crippen LogP contribution in [-0.4, -0.2) is 17.8 Å². The first-order valence-corrected chi connectivity index (χ1v) is 3.58. The Hall–Kier alpha value is -0.0800. The van der Waals surface area contributed by atoms with Crippen molar-refractivity contribution >= 4 is 0 Å². The largest absolute Gasteiger partial charge is 0.396 e. The van der Waals surface area contributed by atoms with Crippen molar-refractivity contribution in [2.75, 3.05) is 6.61 Å². The summed E-state index contributed by atoms with van der Waals surface area (Å²) in [5, 5.41) is 8.93. The molecule has 3 N–H and O–H groups in total. The number of aliphatic hydroxyl groups is 1. The minimum absolute atomic E-state index is 0.0972. The van der Waals surface area contributed by atoms with E-state index in [0.717, 1.165) is 12.8 Å². The van der Waals surface area contributed by atoms with Crippen molar-refractivity contribution in [1.82, 2.24) is 0 Å². The van der Waals surface area contributed by atoms with E-state index >= 15 is 0 Å². The van der Waals surface area contributed by atoms with Crippen molar-refractivity contribution in [3.8, 4) is 0 Å². The van der Waals surface area contributed by atoms with Crippen LogP contribution < -0.4 is 5.73 Å². The van der Waals surface area contributed by atoms with Crippen LogP contribution in [-0.2, 0) is 0 Å². The maximum absolute atomic E-state index is 8.93. The van der Waals surface area contributed by atoms with Gasteiger partial charge in [-0.2, -0.15) is 0 Å². The monoisotopic (exact) mass is 129 g/mol. The van der Waals surface area contributed by atoms with Gasteiger partial charge in [0.1, 0.15) is 0 Å². The summed E-state index contributed by atoms with van der Waals surface area (Å²) in [5.41, 5.74) is 5.78. The Balaban J connectivity index is 2.46. The summed E-state index contributed by atoms with van der Waals surface area (Å²) >= 11 is 0. The molecule has 54 valence electrons. The summed E-state index contributed by atoms with van der Waals surface area (Å²) in [7, 11) is 0. The molecule has 0 aromatic rings. The normalized spacial score (nSPS) is 27.0. The lowest BCUT2D eigenvalue weighted by atomic mass is 9.65. The Bertz CT molecular complexity index is 91.6. The van der Waals surface area contributed by atoms with Gasteiger partial charge < -0.3 is 10.8 Å². The predicted molar refractivity (Wildman–Crippen MR) is 37.0 cm³/mol. The van der Waals surface area contributed by atoms with E-state index in [4.69, 9.17) is 10.8 Å². The zero-order valence-corrected chi connectivity index (χ0v) is 5.93. The first-order chi connectivity index (χ1) is 4.21. The van der Waals surface area contributed by atoms with Gasteiger partial charge in [-0.05, 0) is 19.8 Å². The van der Waals surface area contributed by atoms with Crippen LogP contribution in [0.25, 0.3) is 0 Å². The molecule has 1 saturated carbocycles. The molecule has 9 heavy (non-hydrogen) atoms. The van der Waals surface area contributed by atoms with Crippen LogP contribution in [0.15, 0.2) is 0 Å². The molecule has 2 nitrogen and oxygen atoms in total. The fourth-order valence-electron chi connectivity index (χ4n) is 1.39. The quantitative estimate of drug-likeness (QED) is 0.570. The van der Waals surface area contributed by atoms with Gasteiger partial charge >= 0.3 is 0 Å². The summed E-state index contributed by atoms with van der Waals surface area (Å²) in [5.74, 6) is 0. The van der Waals surface area contributed by atoms with Crippen LogP contribution in [0, 0.1) is 5.41 Å². The number of nitrogens with two attached hydrogens (primary N) is 1. The molecule has 1 fully saturated rings. The van der Waals surface area contributed by atoms with E-state index in [1.54, 1.807) is 0 Å². The molecule has 0 aromatic carbocycles. The number of hydrogen-bond acceptors (Lipinski definition) is 2.